The molecule has 1 fully saturated rings. The lowest BCUT2D eigenvalue weighted by molar-refractivity contribution is -0.113. The average Bonchev–Trinajstić information content (AvgIpc) is 3.06. The van der Waals surface area contributed by atoms with Gasteiger partial charge in [-0.1, -0.05) is 85.0 Å². The minimum atomic E-state index is -0.0924. The van der Waals surface area contributed by atoms with Gasteiger partial charge in [0.1, 0.15) is 12.4 Å². The fourth-order valence-corrected chi connectivity index (χ4v) is 4.57. The maximum absolute atomic E-state index is 13.0. The number of thiocarbonyl (C=S) groups is 1. The lowest BCUT2D eigenvalue weighted by atomic mass is 10.1. The number of aryl methyl sites for hydroxylation is 2. The second-order valence-corrected chi connectivity index (χ2v) is 9.06. The van der Waals surface area contributed by atoms with Crippen molar-refractivity contribution in [3.05, 3.63) is 100.0 Å². The Morgan fingerprint density at radius 3 is 2.42 bits per heavy atom. The normalized spacial score (nSPS) is 15.0. The summed E-state index contributed by atoms with van der Waals surface area (Å²) in [5.41, 5.74) is 5.28. The van der Waals surface area contributed by atoms with Gasteiger partial charge in [-0.25, -0.2) is 0 Å². The summed E-state index contributed by atoms with van der Waals surface area (Å²) in [6, 6.07) is 24.0. The summed E-state index contributed by atoms with van der Waals surface area (Å²) < 4.78 is 6.49. The summed E-state index contributed by atoms with van der Waals surface area (Å²) in [6.45, 7) is 4.67. The number of ether oxygens (including phenoxy) is 1. The zero-order valence-electron chi connectivity index (χ0n) is 17.5. The maximum atomic E-state index is 13.0. The molecule has 0 spiro atoms. The predicted octanol–water partition coefficient (Wildman–Crippen LogP) is 6.54. The largest absolute Gasteiger partial charge is 0.489 e. The first-order valence-electron chi connectivity index (χ1n) is 10.2. The Bertz CT molecular complexity index is 1130. The molecule has 1 aliphatic rings. The number of rotatable bonds is 6. The molecular weight excluding hydrogens is 422 g/mol. The molecule has 156 valence electrons. The quantitative estimate of drug-likeness (QED) is 0.318. The van der Waals surface area contributed by atoms with E-state index < -0.39 is 0 Å². The molecule has 0 saturated carbocycles. The summed E-state index contributed by atoms with van der Waals surface area (Å²) in [5.74, 6) is 0.671. The van der Waals surface area contributed by atoms with Gasteiger partial charge in [-0.3, -0.25) is 9.69 Å². The third kappa shape index (κ3) is 5.06. The van der Waals surface area contributed by atoms with E-state index in [0.717, 1.165) is 29.0 Å². The Labute approximate surface area is 192 Å². The molecule has 1 amide bonds. The van der Waals surface area contributed by atoms with Crippen LogP contribution in [0, 0.1) is 6.92 Å². The summed E-state index contributed by atoms with van der Waals surface area (Å²) in [6.07, 6.45) is 2.83. The van der Waals surface area contributed by atoms with Crippen molar-refractivity contribution in [3.8, 4) is 5.75 Å². The van der Waals surface area contributed by atoms with Crippen molar-refractivity contribution >= 4 is 46.0 Å². The Morgan fingerprint density at radius 2 is 1.71 bits per heavy atom. The van der Waals surface area contributed by atoms with Crippen molar-refractivity contribution in [1.29, 1.82) is 0 Å². The van der Waals surface area contributed by atoms with Crippen LogP contribution in [0.1, 0.15) is 29.2 Å². The molecule has 3 nitrogen and oxygen atoms in total. The van der Waals surface area contributed by atoms with E-state index in [-0.39, 0.29) is 5.91 Å². The number of nitrogens with zero attached hydrogens (tertiary/aromatic N) is 1. The van der Waals surface area contributed by atoms with Gasteiger partial charge in [-0.2, -0.15) is 0 Å². The SMILES string of the molecule is CCc1ccc(N2C(=O)/C(=C/c3cccc(OCc4ccc(C)cc4)c3)SC2=S)cc1. The summed E-state index contributed by atoms with van der Waals surface area (Å²) in [7, 11) is 0. The van der Waals surface area contributed by atoms with Gasteiger partial charge in [0.2, 0.25) is 0 Å². The van der Waals surface area contributed by atoms with Crippen LogP contribution in [0.5, 0.6) is 5.75 Å². The molecule has 1 aliphatic heterocycles. The Hall–Kier alpha value is -2.89. The minimum absolute atomic E-state index is 0.0924. The standard InChI is InChI=1S/C26H23NO2S2/c1-3-19-11-13-22(14-12-19)27-25(28)24(31-26(27)30)16-21-5-4-6-23(15-21)29-17-20-9-7-18(2)8-10-20/h4-16H,3,17H2,1-2H3/b24-16-. The fourth-order valence-electron chi connectivity index (χ4n) is 3.27. The van der Waals surface area contributed by atoms with Crippen LogP contribution in [-0.2, 0) is 17.8 Å². The molecule has 0 aliphatic carbocycles. The number of carbonyl (C=O) groups excluding carboxylic acids is 1. The van der Waals surface area contributed by atoms with Crippen molar-refractivity contribution in [1.82, 2.24) is 0 Å². The first-order valence-corrected chi connectivity index (χ1v) is 11.4. The first kappa shape index (κ1) is 21.3. The number of carbonyl (C=O) groups is 1. The highest BCUT2D eigenvalue weighted by Crippen LogP contribution is 2.36. The van der Waals surface area contributed by atoms with E-state index in [9.17, 15) is 4.79 Å². The molecule has 0 N–H and O–H groups in total. The molecule has 4 rings (SSSR count). The van der Waals surface area contributed by atoms with Gasteiger partial charge in [0.15, 0.2) is 4.32 Å². The van der Waals surface area contributed by atoms with Gasteiger partial charge in [0.05, 0.1) is 10.6 Å². The molecule has 1 heterocycles. The van der Waals surface area contributed by atoms with Crippen LogP contribution in [0.2, 0.25) is 0 Å². The third-order valence-electron chi connectivity index (χ3n) is 5.08. The molecule has 0 unspecified atom stereocenters. The number of amides is 1. The van der Waals surface area contributed by atoms with Crippen LogP contribution in [0.3, 0.4) is 0 Å². The Balaban J connectivity index is 1.49. The lowest BCUT2D eigenvalue weighted by Crippen LogP contribution is -2.27. The summed E-state index contributed by atoms with van der Waals surface area (Å²) in [4.78, 5) is 15.2. The number of thioether (sulfide) groups is 1. The molecule has 3 aromatic rings. The van der Waals surface area contributed by atoms with Gasteiger partial charge in [0.25, 0.3) is 5.91 Å². The fraction of sp³-hybridized carbons (Fsp3) is 0.154. The van der Waals surface area contributed by atoms with Crippen LogP contribution in [-0.4, -0.2) is 10.2 Å². The van der Waals surface area contributed by atoms with E-state index in [2.05, 4.69) is 38.1 Å². The van der Waals surface area contributed by atoms with Gasteiger partial charge < -0.3 is 4.74 Å². The van der Waals surface area contributed by atoms with E-state index in [1.165, 1.54) is 22.9 Å². The predicted molar refractivity (Wildman–Crippen MR) is 133 cm³/mol. The number of hydrogen-bond donors (Lipinski definition) is 0. The van der Waals surface area contributed by atoms with Gasteiger partial charge >= 0.3 is 0 Å². The zero-order chi connectivity index (χ0) is 21.8. The van der Waals surface area contributed by atoms with Crippen molar-refractivity contribution in [3.63, 3.8) is 0 Å². The van der Waals surface area contributed by atoms with E-state index >= 15 is 0 Å². The van der Waals surface area contributed by atoms with Crippen molar-refractivity contribution in [2.24, 2.45) is 0 Å². The Morgan fingerprint density at radius 1 is 1.00 bits per heavy atom. The van der Waals surface area contributed by atoms with Gasteiger partial charge in [0, 0.05) is 0 Å². The van der Waals surface area contributed by atoms with Gasteiger partial charge in [-0.15, -0.1) is 0 Å². The first-order chi connectivity index (χ1) is 15.0. The second kappa shape index (κ2) is 9.50. The molecule has 0 bridgehead atoms. The maximum Gasteiger partial charge on any atom is 0.270 e. The molecule has 3 aromatic carbocycles. The van der Waals surface area contributed by atoms with Crippen LogP contribution in [0.15, 0.2) is 77.7 Å². The molecule has 1 saturated heterocycles. The third-order valence-corrected chi connectivity index (χ3v) is 6.38. The van der Waals surface area contributed by atoms with Crippen molar-refractivity contribution in [2.45, 2.75) is 26.9 Å². The van der Waals surface area contributed by atoms with Crippen LogP contribution in [0.4, 0.5) is 5.69 Å². The molecule has 31 heavy (non-hydrogen) atoms. The molecule has 5 heteroatoms. The highest BCUT2D eigenvalue weighted by Gasteiger charge is 2.33. The van der Waals surface area contributed by atoms with Gasteiger partial charge in [-0.05, 0) is 60.4 Å². The lowest BCUT2D eigenvalue weighted by Gasteiger charge is -2.14. The summed E-state index contributed by atoms with van der Waals surface area (Å²) in [5, 5.41) is 0. The summed E-state index contributed by atoms with van der Waals surface area (Å²) >= 11 is 6.81. The van der Waals surface area contributed by atoms with Crippen LogP contribution in [0.25, 0.3) is 6.08 Å². The highest BCUT2D eigenvalue weighted by atomic mass is 32.2. The number of benzene rings is 3. The van der Waals surface area contributed by atoms with E-state index in [4.69, 9.17) is 17.0 Å². The van der Waals surface area contributed by atoms with E-state index in [1.807, 2.05) is 54.6 Å². The van der Waals surface area contributed by atoms with Crippen molar-refractivity contribution in [2.75, 3.05) is 4.90 Å². The topological polar surface area (TPSA) is 29.5 Å². The highest BCUT2D eigenvalue weighted by molar-refractivity contribution is 8.27. The molecular formula is C26H23NO2S2. The number of anilines is 1. The second-order valence-electron chi connectivity index (χ2n) is 7.38. The zero-order valence-corrected chi connectivity index (χ0v) is 19.1. The Kier molecular flexibility index (Phi) is 6.54. The minimum Gasteiger partial charge on any atom is -0.489 e. The van der Waals surface area contributed by atoms with Crippen molar-refractivity contribution < 1.29 is 9.53 Å². The average molecular weight is 446 g/mol. The monoisotopic (exact) mass is 445 g/mol. The van der Waals surface area contributed by atoms with Crippen LogP contribution < -0.4 is 9.64 Å². The van der Waals surface area contributed by atoms with E-state index in [1.54, 1.807) is 4.90 Å². The molecule has 0 aromatic heterocycles. The molecule has 0 atom stereocenters. The number of hydrogen-bond acceptors (Lipinski definition) is 4. The van der Waals surface area contributed by atoms with Crippen LogP contribution >= 0.6 is 24.0 Å². The molecule has 0 radical (unpaired) electrons. The smallest absolute Gasteiger partial charge is 0.270 e. The van der Waals surface area contributed by atoms with E-state index in [0.29, 0.717) is 15.8 Å².